The lowest BCUT2D eigenvalue weighted by molar-refractivity contribution is -0.277. The summed E-state index contributed by atoms with van der Waals surface area (Å²) >= 11 is 0. The first kappa shape index (κ1) is 18.6. The molecule has 7 nitrogen and oxygen atoms in total. The molecule has 1 saturated heterocycles. The third kappa shape index (κ3) is 3.98. The van der Waals surface area contributed by atoms with Crippen LogP contribution in [0.25, 0.3) is 0 Å². The fourth-order valence-electron chi connectivity index (χ4n) is 2.75. The number of benzene rings is 2. The molecule has 7 heteroatoms. The van der Waals surface area contributed by atoms with Gasteiger partial charge in [0.1, 0.15) is 30.2 Å². The van der Waals surface area contributed by atoms with E-state index in [1.807, 2.05) is 37.3 Å². The largest absolute Gasteiger partial charge is 0.460 e. The van der Waals surface area contributed by atoms with Gasteiger partial charge in [-0.15, -0.1) is 0 Å². The van der Waals surface area contributed by atoms with Crippen LogP contribution >= 0.6 is 0 Å². The number of hydrogen-bond donors (Lipinski definition) is 5. The van der Waals surface area contributed by atoms with E-state index in [0.717, 1.165) is 11.3 Å². The molecule has 1 aliphatic rings. The third-order valence-corrected chi connectivity index (χ3v) is 4.31. The molecule has 0 bridgehead atoms. The lowest BCUT2D eigenvalue weighted by Gasteiger charge is -2.39. The Morgan fingerprint density at radius 1 is 0.962 bits per heavy atom. The van der Waals surface area contributed by atoms with Crippen LogP contribution in [0.2, 0.25) is 0 Å². The molecule has 26 heavy (non-hydrogen) atoms. The van der Waals surface area contributed by atoms with Crippen molar-refractivity contribution >= 4 is 11.4 Å². The molecule has 0 saturated carbocycles. The summed E-state index contributed by atoms with van der Waals surface area (Å²) in [7, 11) is 0. The van der Waals surface area contributed by atoms with E-state index < -0.39 is 37.3 Å². The van der Waals surface area contributed by atoms with Crippen LogP contribution < -0.4 is 10.1 Å². The minimum Gasteiger partial charge on any atom is -0.460 e. The standard InChI is InChI=1S/C19H23NO6/c1-11-6-8-12(9-7-11)20-13-4-2-3-5-14(13)25-19-18(24)17(23)16(22)15(10-21)26-19/h2-9,15-24H,10H2,1H3/t15-,16-,17+,18-,19-/m1/s1. The van der Waals surface area contributed by atoms with Gasteiger partial charge in [-0.2, -0.15) is 0 Å². The quantitative estimate of drug-likeness (QED) is 0.538. The number of aliphatic hydroxyl groups excluding tert-OH is 4. The average molecular weight is 361 g/mol. The fraction of sp³-hybridized carbons (Fsp3) is 0.368. The molecule has 0 unspecified atom stereocenters. The van der Waals surface area contributed by atoms with Crippen molar-refractivity contribution in [3.8, 4) is 5.75 Å². The number of anilines is 2. The van der Waals surface area contributed by atoms with Gasteiger partial charge in [-0.25, -0.2) is 0 Å². The Balaban J connectivity index is 1.78. The predicted octanol–water partition coefficient (Wildman–Crippen LogP) is 0.917. The summed E-state index contributed by atoms with van der Waals surface area (Å²) in [5, 5.41) is 42.4. The number of aryl methyl sites for hydroxylation is 1. The SMILES string of the molecule is Cc1ccc(Nc2ccccc2O[C@@H]2O[C@H](CO)[C@@H](O)[C@H](O)[C@H]2O)cc1. The minimum atomic E-state index is -1.48. The van der Waals surface area contributed by atoms with Crippen molar-refractivity contribution in [2.75, 3.05) is 11.9 Å². The number of ether oxygens (including phenoxy) is 2. The van der Waals surface area contributed by atoms with E-state index in [9.17, 15) is 20.4 Å². The third-order valence-electron chi connectivity index (χ3n) is 4.31. The van der Waals surface area contributed by atoms with Gasteiger partial charge >= 0.3 is 0 Å². The van der Waals surface area contributed by atoms with Gasteiger partial charge in [0.15, 0.2) is 0 Å². The fourth-order valence-corrected chi connectivity index (χ4v) is 2.75. The first-order valence-electron chi connectivity index (χ1n) is 8.39. The molecule has 0 aromatic heterocycles. The lowest BCUT2D eigenvalue weighted by Crippen LogP contribution is -2.60. The predicted molar refractivity (Wildman–Crippen MR) is 95.3 cm³/mol. The van der Waals surface area contributed by atoms with E-state index in [1.54, 1.807) is 18.2 Å². The van der Waals surface area contributed by atoms with Crippen molar-refractivity contribution in [3.05, 3.63) is 54.1 Å². The van der Waals surface area contributed by atoms with Crippen LogP contribution in [0.1, 0.15) is 5.56 Å². The molecular formula is C19H23NO6. The monoisotopic (exact) mass is 361 g/mol. The number of nitrogens with one attached hydrogen (secondary N) is 1. The Morgan fingerprint density at radius 2 is 1.65 bits per heavy atom. The lowest BCUT2D eigenvalue weighted by atomic mass is 9.99. The smallest absolute Gasteiger partial charge is 0.229 e. The molecule has 2 aromatic rings. The Hall–Kier alpha value is -2.16. The van der Waals surface area contributed by atoms with Crippen LogP contribution in [-0.2, 0) is 4.74 Å². The molecule has 0 amide bonds. The molecule has 5 N–H and O–H groups in total. The van der Waals surface area contributed by atoms with Crippen LogP contribution in [0.15, 0.2) is 48.5 Å². The first-order chi connectivity index (χ1) is 12.5. The summed E-state index contributed by atoms with van der Waals surface area (Å²) in [6, 6.07) is 14.9. The van der Waals surface area contributed by atoms with Gasteiger partial charge in [-0.1, -0.05) is 29.8 Å². The first-order valence-corrected chi connectivity index (χ1v) is 8.39. The molecule has 5 atom stereocenters. The van der Waals surface area contributed by atoms with E-state index >= 15 is 0 Å². The summed E-state index contributed by atoms with van der Waals surface area (Å²) in [5.74, 6) is 0.400. The topological polar surface area (TPSA) is 111 Å². The van der Waals surface area contributed by atoms with E-state index in [0.29, 0.717) is 11.4 Å². The molecule has 0 spiro atoms. The second kappa shape index (κ2) is 8.03. The molecule has 0 aliphatic carbocycles. The van der Waals surface area contributed by atoms with E-state index in [1.165, 1.54) is 0 Å². The Bertz CT molecular complexity index is 720. The van der Waals surface area contributed by atoms with Gasteiger partial charge in [0.05, 0.1) is 12.3 Å². The van der Waals surface area contributed by atoms with Crippen molar-refractivity contribution in [2.24, 2.45) is 0 Å². The number of para-hydroxylation sites is 2. The summed E-state index contributed by atoms with van der Waals surface area (Å²) in [5.41, 5.74) is 2.65. The molecule has 140 valence electrons. The summed E-state index contributed by atoms with van der Waals surface area (Å²) in [6.07, 6.45) is -6.61. The van der Waals surface area contributed by atoms with Crippen molar-refractivity contribution in [1.29, 1.82) is 0 Å². The Morgan fingerprint density at radius 3 is 2.35 bits per heavy atom. The molecule has 3 rings (SSSR count). The maximum atomic E-state index is 10.1. The van der Waals surface area contributed by atoms with Crippen LogP contribution in [0.5, 0.6) is 5.75 Å². The summed E-state index contributed by atoms with van der Waals surface area (Å²) in [6.45, 7) is 1.49. The number of rotatable bonds is 5. The van der Waals surface area contributed by atoms with Crippen LogP contribution in [-0.4, -0.2) is 57.7 Å². The maximum absolute atomic E-state index is 10.1. The van der Waals surface area contributed by atoms with E-state index in [4.69, 9.17) is 9.47 Å². The minimum absolute atomic E-state index is 0.400. The normalized spacial score (nSPS) is 28.6. The molecule has 0 radical (unpaired) electrons. The highest BCUT2D eigenvalue weighted by Crippen LogP contribution is 2.31. The molecule has 2 aromatic carbocycles. The summed E-state index contributed by atoms with van der Waals surface area (Å²) in [4.78, 5) is 0. The van der Waals surface area contributed by atoms with Gasteiger partial charge in [-0.3, -0.25) is 0 Å². The van der Waals surface area contributed by atoms with Crippen molar-refractivity contribution in [3.63, 3.8) is 0 Å². The van der Waals surface area contributed by atoms with Crippen molar-refractivity contribution in [1.82, 2.24) is 0 Å². The highest BCUT2D eigenvalue weighted by atomic mass is 16.7. The number of hydrogen-bond acceptors (Lipinski definition) is 7. The Labute approximate surface area is 151 Å². The molecule has 1 fully saturated rings. The van der Waals surface area contributed by atoms with Crippen LogP contribution in [0.4, 0.5) is 11.4 Å². The second-order valence-corrected chi connectivity index (χ2v) is 6.30. The summed E-state index contributed by atoms with van der Waals surface area (Å²) < 4.78 is 11.1. The van der Waals surface area contributed by atoms with Gasteiger partial charge in [0, 0.05) is 5.69 Å². The van der Waals surface area contributed by atoms with Gasteiger partial charge < -0.3 is 35.2 Å². The zero-order valence-corrected chi connectivity index (χ0v) is 14.3. The highest BCUT2D eigenvalue weighted by Gasteiger charge is 2.44. The Kier molecular flexibility index (Phi) is 5.75. The zero-order valence-electron chi connectivity index (χ0n) is 14.3. The highest BCUT2D eigenvalue weighted by molar-refractivity contribution is 5.66. The van der Waals surface area contributed by atoms with Crippen LogP contribution in [0.3, 0.4) is 0 Å². The van der Waals surface area contributed by atoms with E-state index in [2.05, 4.69) is 5.32 Å². The average Bonchev–Trinajstić information content (AvgIpc) is 2.65. The molecule has 1 aliphatic heterocycles. The van der Waals surface area contributed by atoms with Crippen LogP contribution in [0, 0.1) is 6.92 Å². The maximum Gasteiger partial charge on any atom is 0.229 e. The van der Waals surface area contributed by atoms with Gasteiger partial charge in [0.25, 0.3) is 0 Å². The van der Waals surface area contributed by atoms with Gasteiger partial charge in [-0.05, 0) is 31.2 Å². The number of aliphatic hydroxyl groups is 4. The molecular weight excluding hydrogens is 338 g/mol. The van der Waals surface area contributed by atoms with E-state index in [-0.39, 0.29) is 0 Å². The van der Waals surface area contributed by atoms with Crippen molar-refractivity contribution < 1.29 is 29.9 Å². The second-order valence-electron chi connectivity index (χ2n) is 6.30. The zero-order chi connectivity index (χ0) is 18.7. The van der Waals surface area contributed by atoms with Crippen molar-refractivity contribution in [2.45, 2.75) is 37.6 Å². The van der Waals surface area contributed by atoms with Gasteiger partial charge in [0.2, 0.25) is 6.29 Å². The molecule has 1 heterocycles.